The van der Waals surface area contributed by atoms with Crippen molar-refractivity contribution < 1.29 is 4.74 Å². The molecule has 2 atom stereocenters. The van der Waals surface area contributed by atoms with Gasteiger partial charge in [-0.15, -0.1) is 10.2 Å². The minimum atomic E-state index is 0.188. The summed E-state index contributed by atoms with van der Waals surface area (Å²) in [6, 6.07) is 12.2. The molecule has 3 aromatic heterocycles. The van der Waals surface area contributed by atoms with Crippen molar-refractivity contribution in [2.45, 2.75) is 26.1 Å². The molecule has 8 nitrogen and oxygen atoms in total. The average Bonchev–Trinajstić information content (AvgIpc) is 3.37. The van der Waals surface area contributed by atoms with E-state index in [4.69, 9.17) is 9.84 Å². The Morgan fingerprint density at radius 1 is 1.00 bits per heavy atom. The van der Waals surface area contributed by atoms with Crippen LogP contribution in [0, 0.1) is 0 Å². The Morgan fingerprint density at radius 2 is 1.79 bits per heavy atom. The summed E-state index contributed by atoms with van der Waals surface area (Å²) in [7, 11) is 0. The van der Waals surface area contributed by atoms with E-state index in [1.165, 1.54) is 0 Å². The predicted molar refractivity (Wildman–Crippen MR) is 106 cm³/mol. The van der Waals surface area contributed by atoms with Crippen molar-refractivity contribution in [1.29, 1.82) is 0 Å². The van der Waals surface area contributed by atoms with Crippen LogP contribution in [0.25, 0.3) is 22.6 Å². The maximum atomic E-state index is 5.85. The highest BCUT2D eigenvalue weighted by molar-refractivity contribution is 5.65. The summed E-state index contributed by atoms with van der Waals surface area (Å²) in [4.78, 5) is 6.79. The van der Waals surface area contributed by atoms with Gasteiger partial charge in [-0.25, -0.2) is 14.2 Å². The maximum absolute atomic E-state index is 5.85. The van der Waals surface area contributed by atoms with Crippen molar-refractivity contribution in [1.82, 2.24) is 29.6 Å². The summed E-state index contributed by atoms with van der Waals surface area (Å²) >= 11 is 0. The minimum absolute atomic E-state index is 0.188. The molecule has 0 aliphatic carbocycles. The molecule has 0 amide bonds. The SMILES string of the molecule is C[C@@H]1CN(c2ccc3ncc(-c4ccc(-n5ccnn5)cc4)n3n2)C[C@H](C)O1. The van der Waals surface area contributed by atoms with Gasteiger partial charge in [0.1, 0.15) is 5.82 Å². The van der Waals surface area contributed by atoms with E-state index in [9.17, 15) is 0 Å². The van der Waals surface area contributed by atoms with E-state index in [1.54, 1.807) is 10.9 Å². The molecule has 8 heteroatoms. The van der Waals surface area contributed by atoms with Crippen LogP contribution in [-0.2, 0) is 4.74 Å². The summed E-state index contributed by atoms with van der Waals surface area (Å²) in [5.74, 6) is 0.938. The van der Waals surface area contributed by atoms with Crippen LogP contribution in [0.5, 0.6) is 0 Å². The molecule has 1 saturated heterocycles. The molecule has 0 unspecified atom stereocenters. The molecule has 1 aliphatic rings. The maximum Gasteiger partial charge on any atom is 0.154 e. The zero-order valence-electron chi connectivity index (χ0n) is 15.8. The van der Waals surface area contributed by atoms with Gasteiger partial charge < -0.3 is 9.64 Å². The van der Waals surface area contributed by atoms with Gasteiger partial charge in [-0.05, 0) is 38.1 Å². The third-order valence-corrected chi connectivity index (χ3v) is 4.94. The Kier molecular flexibility index (Phi) is 4.05. The normalized spacial score (nSPS) is 20.0. The minimum Gasteiger partial charge on any atom is -0.372 e. The summed E-state index contributed by atoms with van der Waals surface area (Å²) in [6.07, 6.45) is 5.72. The molecule has 1 aromatic carbocycles. The van der Waals surface area contributed by atoms with Crippen molar-refractivity contribution >= 4 is 11.5 Å². The molecule has 0 N–H and O–H groups in total. The molecule has 0 bridgehead atoms. The molecule has 1 aliphatic heterocycles. The van der Waals surface area contributed by atoms with E-state index in [0.29, 0.717) is 0 Å². The number of imidazole rings is 1. The fourth-order valence-electron chi connectivity index (χ4n) is 3.72. The monoisotopic (exact) mass is 375 g/mol. The zero-order valence-corrected chi connectivity index (χ0v) is 15.8. The number of ether oxygens (including phenoxy) is 1. The van der Waals surface area contributed by atoms with Gasteiger partial charge in [0.25, 0.3) is 0 Å². The molecule has 1 fully saturated rings. The second-order valence-electron chi connectivity index (χ2n) is 7.16. The Hall–Kier alpha value is -3.26. The van der Waals surface area contributed by atoms with Gasteiger partial charge in [0.05, 0.1) is 42.2 Å². The van der Waals surface area contributed by atoms with E-state index < -0.39 is 0 Å². The zero-order chi connectivity index (χ0) is 19.1. The molecule has 0 spiro atoms. The first-order valence-corrected chi connectivity index (χ1v) is 9.40. The molecular weight excluding hydrogens is 354 g/mol. The third-order valence-electron chi connectivity index (χ3n) is 4.94. The molecule has 4 aromatic rings. The second kappa shape index (κ2) is 6.72. The van der Waals surface area contributed by atoms with Gasteiger partial charge in [-0.3, -0.25) is 0 Å². The molecule has 4 heterocycles. The first-order chi connectivity index (χ1) is 13.7. The molecule has 0 radical (unpaired) electrons. The quantitative estimate of drug-likeness (QED) is 0.548. The number of morpholine rings is 1. The topological polar surface area (TPSA) is 73.4 Å². The van der Waals surface area contributed by atoms with Gasteiger partial charge in [0.15, 0.2) is 5.65 Å². The third kappa shape index (κ3) is 3.01. The molecule has 5 rings (SSSR count). The molecule has 28 heavy (non-hydrogen) atoms. The number of anilines is 1. The lowest BCUT2D eigenvalue weighted by molar-refractivity contribution is -0.00551. The number of benzene rings is 1. The Labute approximate surface area is 162 Å². The summed E-state index contributed by atoms with van der Waals surface area (Å²) in [6.45, 7) is 5.86. The van der Waals surface area contributed by atoms with E-state index in [1.807, 2.05) is 53.3 Å². The van der Waals surface area contributed by atoms with E-state index >= 15 is 0 Å². The van der Waals surface area contributed by atoms with Crippen LogP contribution in [0.4, 0.5) is 5.82 Å². The van der Waals surface area contributed by atoms with Gasteiger partial charge in [0, 0.05) is 18.7 Å². The fourth-order valence-corrected chi connectivity index (χ4v) is 3.72. The Morgan fingerprint density at radius 3 is 2.50 bits per heavy atom. The molecule has 142 valence electrons. The number of nitrogens with zero attached hydrogens (tertiary/aromatic N) is 7. The molecular formula is C20H21N7O. The number of fused-ring (bicyclic) bond motifs is 1. The van der Waals surface area contributed by atoms with Gasteiger partial charge in [0.2, 0.25) is 0 Å². The van der Waals surface area contributed by atoms with Crippen LogP contribution in [0.1, 0.15) is 13.8 Å². The average molecular weight is 375 g/mol. The van der Waals surface area contributed by atoms with Crippen molar-refractivity contribution in [3.05, 3.63) is 55.0 Å². The van der Waals surface area contributed by atoms with E-state index in [2.05, 4.69) is 34.0 Å². The second-order valence-corrected chi connectivity index (χ2v) is 7.16. The van der Waals surface area contributed by atoms with Crippen LogP contribution < -0.4 is 4.90 Å². The highest BCUT2D eigenvalue weighted by Crippen LogP contribution is 2.24. The van der Waals surface area contributed by atoms with Crippen LogP contribution in [-0.4, -0.2) is 54.9 Å². The largest absolute Gasteiger partial charge is 0.372 e. The number of hydrogen-bond acceptors (Lipinski definition) is 6. The Bertz CT molecular complexity index is 1080. The van der Waals surface area contributed by atoms with Gasteiger partial charge in [-0.2, -0.15) is 0 Å². The van der Waals surface area contributed by atoms with Crippen molar-refractivity contribution in [3.63, 3.8) is 0 Å². The van der Waals surface area contributed by atoms with Crippen molar-refractivity contribution in [2.75, 3.05) is 18.0 Å². The van der Waals surface area contributed by atoms with Gasteiger partial charge >= 0.3 is 0 Å². The standard InChI is InChI=1S/C20H21N7O/c1-14-12-25(13-15(2)28-14)20-8-7-19-21-11-18(27(19)23-20)16-3-5-17(6-4-16)26-10-9-22-24-26/h3-11,14-15H,12-13H2,1-2H3/t14-,15+. The lowest BCUT2D eigenvalue weighted by Crippen LogP contribution is -2.46. The van der Waals surface area contributed by atoms with E-state index in [0.717, 1.165) is 41.5 Å². The number of rotatable bonds is 3. The lowest BCUT2D eigenvalue weighted by atomic mass is 10.1. The van der Waals surface area contributed by atoms with E-state index in [-0.39, 0.29) is 12.2 Å². The van der Waals surface area contributed by atoms with Crippen LogP contribution in [0.2, 0.25) is 0 Å². The van der Waals surface area contributed by atoms with Crippen molar-refractivity contribution in [2.24, 2.45) is 0 Å². The molecule has 0 saturated carbocycles. The summed E-state index contributed by atoms with van der Waals surface area (Å²) in [5.41, 5.74) is 3.79. The first-order valence-electron chi connectivity index (χ1n) is 9.40. The van der Waals surface area contributed by atoms with Gasteiger partial charge in [-0.1, -0.05) is 17.3 Å². The lowest BCUT2D eigenvalue weighted by Gasteiger charge is -2.35. The first kappa shape index (κ1) is 16.9. The van der Waals surface area contributed by atoms with Crippen LogP contribution >= 0.6 is 0 Å². The van der Waals surface area contributed by atoms with Crippen LogP contribution in [0.3, 0.4) is 0 Å². The number of aromatic nitrogens is 6. The van der Waals surface area contributed by atoms with Crippen LogP contribution in [0.15, 0.2) is 55.0 Å². The highest BCUT2D eigenvalue weighted by atomic mass is 16.5. The summed E-state index contributed by atoms with van der Waals surface area (Å²) < 4.78 is 9.48. The Balaban J connectivity index is 1.50. The highest BCUT2D eigenvalue weighted by Gasteiger charge is 2.23. The fraction of sp³-hybridized carbons (Fsp3) is 0.300. The summed E-state index contributed by atoms with van der Waals surface area (Å²) in [5, 5.41) is 12.8. The number of hydrogen-bond donors (Lipinski definition) is 0. The van der Waals surface area contributed by atoms with Crippen molar-refractivity contribution in [3.8, 4) is 16.9 Å². The predicted octanol–water partition coefficient (Wildman–Crippen LogP) is 2.59. The smallest absolute Gasteiger partial charge is 0.154 e.